The van der Waals surface area contributed by atoms with E-state index < -0.39 is 10.0 Å². The van der Waals surface area contributed by atoms with Crippen LogP contribution < -0.4 is 0 Å². The number of sulfonamides is 1. The third-order valence-corrected chi connectivity index (χ3v) is 5.84. The number of hydrogen-bond acceptors (Lipinski definition) is 2. The Labute approximate surface area is 123 Å². The van der Waals surface area contributed by atoms with Crippen molar-refractivity contribution in [1.82, 2.24) is 4.31 Å². The van der Waals surface area contributed by atoms with Crippen LogP contribution in [0.15, 0.2) is 0 Å². The smallest absolute Gasteiger partial charge is 0.212 e. The fourth-order valence-corrected chi connectivity index (χ4v) is 4.98. The molecule has 0 atom stereocenters. The summed E-state index contributed by atoms with van der Waals surface area (Å²) < 4.78 is 26.8. The Hall–Kier alpha value is 0.200. The van der Waals surface area contributed by atoms with Crippen LogP contribution in [0.3, 0.4) is 0 Å². The second kappa shape index (κ2) is 7.28. The van der Waals surface area contributed by atoms with Gasteiger partial charge >= 0.3 is 0 Å². The molecule has 1 fully saturated rings. The first-order valence-electron chi connectivity index (χ1n) is 7.32. The number of rotatable bonds is 6. The van der Waals surface area contributed by atoms with Crippen LogP contribution in [0.1, 0.15) is 59.3 Å². The van der Waals surface area contributed by atoms with Gasteiger partial charge in [-0.2, -0.15) is 4.31 Å². The molecule has 0 saturated heterocycles. The molecule has 0 bridgehead atoms. The molecule has 0 radical (unpaired) electrons. The summed E-state index contributed by atoms with van der Waals surface area (Å²) in [6, 6.07) is 0.178. The summed E-state index contributed by atoms with van der Waals surface area (Å²) in [4.78, 5) is 0. The number of halogens is 1. The summed E-state index contributed by atoms with van der Waals surface area (Å²) in [6.07, 6.45) is 6.18. The molecule has 3 nitrogen and oxygen atoms in total. The Morgan fingerprint density at radius 1 is 1.16 bits per heavy atom. The maximum Gasteiger partial charge on any atom is 0.214 e. The molecular weight excluding hydrogens is 282 g/mol. The predicted molar refractivity (Wildman–Crippen MR) is 82.2 cm³/mol. The SMILES string of the molecule is CC(C)(C)CCS(=O)(=O)N(CCCl)C1CCCCC1. The molecule has 0 amide bonds. The van der Waals surface area contributed by atoms with E-state index in [0.717, 1.165) is 25.7 Å². The highest BCUT2D eigenvalue weighted by Gasteiger charge is 2.31. The average Bonchev–Trinajstić information content (AvgIpc) is 2.34. The lowest BCUT2D eigenvalue weighted by molar-refractivity contribution is 0.260. The molecule has 1 saturated carbocycles. The van der Waals surface area contributed by atoms with Gasteiger partial charge in [-0.25, -0.2) is 8.42 Å². The first-order chi connectivity index (χ1) is 8.76. The quantitative estimate of drug-likeness (QED) is 0.703. The van der Waals surface area contributed by atoms with E-state index in [2.05, 4.69) is 20.8 Å². The lowest BCUT2D eigenvalue weighted by Crippen LogP contribution is -2.44. The average molecular weight is 310 g/mol. The van der Waals surface area contributed by atoms with Gasteiger partial charge in [-0.1, -0.05) is 40.0 Å². The second-order valence-electron chi connectivity index (χ2n) is 6.72. The number of hydrogen-bond donors (Lipinski definition) is 0. The molecule has 0 N–H and O–H groups in total. The highest BCUT2D eigenvalue weighted by molar-refractivity contribution is 7.89. The fraction of sp³-hybridized carbons (Fsp3) is 1.00. The van der Waals surface area contributed by atoms with Gasteiger partial charge in [0.2, 0.25) is 10.0 Å². The third-order valence-electron chi connectivity index (χ3n) is 3.75. The van der Waals surface area contributed by atoms with E-state index in [1.807, 2.05) is 0 Å². The summed E-state index contributed by atoms with van der Waals surface area (Å²) in [6.45, 7) is 6.69. The van der Waals surface area contributed by atoms with Gasteiger partial charge < -0.3 is 0 Å². The van der Waals surface area contributed by atoms with Crippen LogP contribution in [0.5, 0.6) is 0 Å². The van der Waals surface area contributed by atoms with E-state index in [1.165, 1.54) is 6.42 Å². The highest BCUT2D eigenvalue weighted by atomic mass is 35.5. The summed E-state index contributed by atoms with van der Waals surface area (Å²) in [5.41, 5.74) is 0.0479. The molecule has 0 spiro atoms. The first kappa shape index (κ1) is 17.3. The van der Waals surface area contributed by atoms with Gasteiger partial charge in [0.15, 0.2) is 0 Å². The molecule has 0 aromatic carbocycles. The molecular formula is C14H28ClNO2S. The van der Waals surface area contributed by atoms with Gasteiger partial charge in [0, 0.05) is 18.5 Å². The van der Waals surface area contributed by atoms with Crippen molar-refractivity contribution in [3.63, 3.8) is 0 Å². The van der Waals surface area contributed by atoms with E-state index in [4.69, 9.17) is 11.6 Å². The van der Waals surface area contributed by atoms with Crippen molar-refractivity contribution in [1.29, 1.82) is 0 Å². The zero-order valence-electron chi connectivity index (χ0n) is 12.5. The Balaban J connectivity index is 2.72. The van der Waals surface area contributed by atoms with Gasteiger partial charge in [-0.05, 0) is 24.7 Å². The normalized spacial score (nSPS) is 19.0. The van der Waals surface area contributed by atoms with E-state index in [0.29, 0.717) is 18.8 Å². The molecule has 1 aliphatic rings. The summed E-state index contributed by atoms with van der Waals surface area (Å²) in [5.74, 6) is 0.620. The van der Waals surface area contributed by atoms with E-state index >= 15 is 0 Å². The Morgan fingerprint density at radius 3 is 2.21 bits per heavy atom. The minimum Gasteiger partial charge on any atom is -0.212 e. The summed E-state index contributed by atoms with van der Waals surface area (Å²) in [7, 11) is -3.17. The summed E-state index contributed by atoms with van der Waals surface area (Å²) in [5, 5.41) is 0. The van der Waals surface area contributed by atoms with Crippen LogP contribution in [-0.2, 0) is 10.0 Å². The van der Waals surface area contributed by atoms with Gasteiger partial charge in [-0.3, -0.25) is 0 Å². The van der Waals surface area contributed by atoms with Gasteiger partial charge in [0.05, 0.1) is 5.75 Å². The predicted octanol–water partition coefficient (Wildman–Crippen LogP) is 3.63. The van der Waals surface area contributed by atoms with Crippen LogP contribution in [0, 0.1) is 5.41 Å². The molecule has 0 aromatic heterocycles. The Bertz CT molecular complexity index is 356. The van der Waals surface area contributed by atoms with Crippen LogP contribution in [-0.4, -0.2) is 36.9 Å². The molecule has 114 valence electrons. The lowest BCUT2D eigenvalue weighted by atomic mass is 9.94. The second-order valence-corrected chi connectivity index (χ2v) is 9.14. The largest absolute Gasteiger partial charge is 0.214 e. The first-order valence-corrected chi connectivity index (χ1v) is 9.46. The van der Waals surface area contributed by atoms with Crippen molar-refractivity contribution in [3.05, 3.63) is 0 Å². The number of alkyl halides is 1. The molecule has 0 unspecified atom stereocenters. The standard InChI is InChI=1S/C14H28ClNO2S/c1-14(2,3)9-12-19(17,18)16(11-10-15)13-7-5-4-6-8-13/h13H,4-12H2,1-3H3. The molecule has 0 aromatic rings. The van der Waals surface area contributed by atoms with Crippen LogP contribution in [0.4, 0.5) is 0 Å². The summed E-state index contributed by atoms with van der Waals surface area (Å²) >= 11 is 5.81. The lowest BCUT2D eigenvalue weighted by Gasteiger charge is -2.33. The van der Waals surface area contributed by atoms with E-state index in [1.54, 1.807) is 4.31 Å². The van der Waals surface area contributed by atoms with Crippen molar-refractivity contribution in [2.45, 2.75) is 65.3 Å². The van der Waals surface area contributed by atoms with Gasteiger partial charge in [0.1, 0.15) is 0 Å². The molecule has 19 heavy (non-hydrogen) atoms. The molecule has 0 heterocycles. The van der Waals surface area contributed by atoms with Crippen molar-refractivity contribution in [2.24, 2.45) is 5.41 Å². The highest BCUT2D eigenvalue weighted by Crippen LogP contribution is 2.27. The third kappa shape index (κ3) is 6.01. The Kier molecular flexibility index (Phi) is 6.61. The minimum absolute atomic E-state index is 0.0479. The van der Waals surface area contributed by atoms with Crippen molar-refractivity contribution in [2.75, 3.05) is 18.2 Å². The molecule has 1 aliphatic carbocycles. The van der Waals surface area contributed by atoms with Crippen LogP contribution in [0.2, 0.25) is 0 Å². The van der Waals surface area contributed by atoms with Gasteiger partial charge in [-0.15, -0.1) is 11.6 Å². The topological polar surface area (TPSA) is 37.4 Å². The van der Waals surface area contributed by atoms with Crippen LogP contribution >= 0.6 is 11.6 Å². The number of nitrogens with zero attached hydrogens (tertiary/aromatic N) is 1. The van der Waals surface area contributed by atoms with E-state index in [9.17, 15) is 8.42 Å². The zero-order chi connectivity index (χ0) is 14.5. The molecule has 5 heteroatoms. The maximum absolute atomic E-state index is 12.5. The van der Waals surface area contributed by atoms with Crippen molar-refractivity contribution >= 4 is 21.6 Å². The van der Waals surface area contributed by atoms with Crippen molar-refractivity contribution < 1.29 is 8.42 Å². The van der Waals surface area contributed by atoms with Crippen molar-refractivity contribution in [3.8, 4) is 0 Å². The monoisotopic (exact) mass is 309 g/mol. The zero-order valence-corrected chi connectivity index (χ0v) is 14.1. The minimum atomic E-state index is -3.17. The maximum atomic E-state index is 12.5. The fourth-order valence-electron chi connectivity index (χ4n) is 2.55. The molecule has 1 rings (SSSR count). The van der Waals surface area contributed by atoms with E-state index in [-0.39, 0.29) is 17.2 Å². The molecule has 0 aliphatic heterocycles. The van der Waals surface area contributed by atoms with Crippen LogP contribution in [0.25, 0.3) is 0 Å². The Morgan fingerprint density at radius 2 is 1.74 bits per heavy atom. The van der Waals surface area contributed by atoms with Gasteiger partial charge in [0.25, 0.3) is 0 Å².